The van der Waals surface area contributed by atoms with E-state index in [4.69, 9.17) is 19.7 Å². The minimum atomic E-state index is -0.976. The average molecular weight is 598 g/mol. The van der Waals surface area contributed by atoms with Gasteiger partial charge in [0.05, 0.1) is 20.1 Å². The van der Waals surface area contributed by atoms with Crippen LogP contribution in [0.1, 0.15) is 56.9 Å². The first-order valence-electron chi connectivity index (χ1n) is 14.8. The highest BCUT2D eigenvalue weighted by molar-refractivity contribution is 5.84. The van der Waals surface area contributed by atoms with E-state index in [9.17, 15) is 19.2 Å². The van der Waals surface area contributed by atoms with Gasteiger partial charge >= 0.3 is 17.7 Å². The van der Waals surface area contributed by atoms with Crippen molar-refractivity contribution in [3.63, 3.8) is 0 Å². The van der Waals surface area contributed by atoms with Crippen LogP contribution in [0.4, 0.5) is 0 Å². The van der Waals surface area contributed by atoms with Crippen molar-refractivity contribution in [3.05, 3.63) is 50.7 Å². The summed E-state index contributed by atoms with van der Waals surface area (Å²) < 4.78 is 10.1. The normalized spacial score (nSPS) is 17.5. The summed E-state index contributed by atoms with van der Waals surface area (Å²) in [5.74, 6) is 0.236. The molecule has 0 unspecified atom stereocenters. The Labute approximate surface area is 247 Å². The Bertz CT molecular complexity index is 1590. The molecule has 0 atom stereocenters. The van der Waals surface area contributed by atoms with Crippen molar-refractivity contribution in [3.8, 4) is 11.8 Å². The number of benzene rings is 1. The molecule has 2 aromatic heterocycles. The van der Waals surface area contributed by atoms with Crippen LogP contribution >= 0.6 is 0 Å². The number of piperidine rings is 1. The number of hydrogen-bond acceptors (Lipinski definition) is 8. The molecule has 232 valence electrons. The maximum absolute atomic E-state index is 13.9. The van der Waals surface area contributed by atoms with Gasteiger partial charge in [0.15, 0.2) is 11.2 Å². The SMILES string of the molecule is COc1ccc(Cn2c(ON3CCC(C(=O)CCC(=O)O)CC3)nc3c2c(=O)n(CC2CC2)c(=O)n3CC2CC2)cc1.O. The van der Waals surface area contributed by atoms with E-state index < -0.39 is 5.97 Å². The Morgan fingerprint density at radius 2 is 1.53 bits per heavy atom. The first-order chi connectivity index (χ1) is 20.3. The highest BCUT2D eigenvalue weighted by Crippen LogP contribution is 2.33. The van der Waals surface area contributed by atoms with Gasteiger partial charge in [-0.25, -0.2) is 4.79 Å². The Balaban J connectivity index is 0.00000368. The van der Waals surface area contributed by atoms with E-state index >= 15 is 0 Å². The first-order valence-corrected chi connectivity index (χ1v) is 14.8. The van der Waals surface area contributed by atoms with Crippen LogP contribution in [0.25, 0.3) is 11.2 Å². The molecule has 0 bridgehead atoms. The van der Waals surface area contributed by atoms with Crippen LogP contribution in [0.2, 0.25) is 0 Å². The third-order valence-corrected chi connectivity index (χ3v) is 8.56. The van der Waals surface area contributed by atoms with Crippen molar-refractivity contribution in [2.45, 2.75) is 71.0 Å². The van der Waals surface area contributed by atoms with E-state index in [1.165, 1.54) is 4.57 Å². The zero-order valence-corrected chi connectivity index (χ0v) is 24.4. The molecule has 43 heavy (non-hydrogen) atoms. The minimum absolute atomic E-state index is 0. The maximum atomic E-state index is 13.9. The molecule has 1 aliphatic heterocycles. The number of hydrogen-bond donors (Lipinski definition) is 1. The summed E-state index contributed by atoms with van der Waals surface area (Å²) in [6.45, 7) is 2.14. The average Bonchev–Trinajstić information content (AvgIpc) is 3.93. The second-order valence-corrected chi connectivity index (χ2v) is 11.9. The molecule has 1 aromatic carbocycles. The lowest BCUT2D eigenvalue weighted by molar-refractivity contribution is -0.140. The molecule has 1 saturated heterocycles. The summed E-state index contributed by atoms with van der Waals surface area (Å²) in [4.78, 5) is 62.0. The summed E-state index contributed by atoms with van der Waals surface area (Å²) in [5, 5.41) is 10.6. The molecule has 13 nitrogen and oxygen atoms in total. The molecule has 13 heteroatoms. The predicted octanol–water partition coefficient (Wildman–Crippen LogP) is 1.85. The smallest absolute Gasteiger partial charge is 0.332 e. The van der Waals surface area contributed by atoms with E-state index in [1.807, 2.05) is 24.3 Å². The molecule has 0 spiro atoms. The third-order valence-electron chi connectivity index (χ3n) is 8.56. The molecule has 3 fully saturated rings. The Morgan fingerprint density at radius 3 is 2.12 bits per heavy atom. The molecule has 0 radical (unpaired) electrons. The number of carbonyl (C=O) groups excluding carboxylic acids is 1. The van der Waals surface area contributed by atoms with Gasteiger partial charge < -0.3 is 20.2 Å². The Hall–Kier alpha value is -3.97. The van der Waals surface area contributed by atoms with Crippen LogP contribution in [0, 0.1) is 17.8 Å². The van der Waals surface area contributed by atoms with Crippen LogP contribution in [0.15, 0.2) is 33.9 Å². The maximum Gasteiger partial charge on any atom is 0.332 e. The van der Waals surface area contributed by atoms with Gasteiger partial charge in [0, 0.05) is 38.5 Å². The molecule has 0 amide bonds. The number of hydroxylamine groups is 2. The van der Waals surface area contributed by atoms with Crippen LogP contribution in [0.3, 0.4) is 0 Å². The number of rotatable bonds is 13. The van der Waals surface area contributed by atoms with E-state index in [0.29, 0.717) is 68.6 Å². The zero-order valence-electron chi connectivity index (χ0n) is 24.4. The quantitative estimate of drug-likeness (QED) is 0.309. The van der Waals surface area contributed by atoms with Gasteiger partial charge in [-0.3, -0.25) is 28.1 Å². The monoisotopic (exact) mass is 597 g/mol. The van der Waals surface area contributed by atoms with Crippen molar-refractivity contribution in [2.75, 3.05) is 20.2 Å². The van der Waals surface area contributed by atoms with Gasteiger partial charge in [-0.05, 0) is 68.1 Å². The summed E-state index contributed by atoms with van der Waals surface area (Å²) >= 11 is 0. The van der Waals surface area contributed by atoms with Gasteiger partial charge in [-0.15, -0.1) is 5.06 Å². The fraction of sp³-hybridized carbons (Fsp3) is 0.567. The van der Waals surface area contributed by atoms with E-state index in [2.05, 4.69) is 0 Å². The van der Waals surface area contributed by atoms with E-state index in [1.54, 1.807) is 21.3 Å². The van der Waals surface area contributed by atoms with E-state index in [-0.39, 0.29) is 47.3 Å². The lowest BCUT2D eigenvalue weighted by Crippen LogP contribution is -2.41. The zero-order chi connectivity index (χ0) is 29.4. The summed E-state index contributed by atoms with van der Waals surface area (Å²) in [7, 11) is 1.61. The van der Waals surface area contributed by atoms with Crippen LogP contribution in [-0.2, 0) is 29.2 Å². The largest absolute Gasteiger partial charge is 0.497 e. The highest BCUT2D eigenvalue weighted by Gasteiger charge is 2.32. The number of fused-ring (bicyclic) bond motifs is 1. The molecular weight excluding hydrogens is 558 g/mol. The molecule has 3 aliphatic rings. The van der Waals surface area contributed by atoms with Gasteiger partial charge in [0.1, 0.15) is 11.5 Å². The molecular formula is C30H39N5O8. The number of carboxylic acids is 1. The van der Waals surface area contributed by atoms with Crippen LogP contribution < -0.4 is 20.8 Å². The van der Waals surface area contributed by atoms with Gasteiger partial charge in [0.2, 0.25) is 0 Å². The second kappa shape index (κ2) is 12.7. The molecule has 2 saturated carbocycles. The number of carboxylic acid groups (broad SMARTS) is 1. The predicted molar refractivity (Wildman–Crippen MR) is 156 cm³/mol. The second-order valence-electron chi connectivity index (χ2n) is 11.9. The number of aliphatic carboxylic acids is 1. The standard InChI is InChI=1S/C30H37N5O7.H2O/c1-41-23-8-6-21(7-9-23)16-33-26-27(34(17-19-2-3-19)30(40)35(28(26)39)18-20-4-5-20)31-29(33)42-32-14-12-22(13-15-32)24(36)10-11-25(37)38;/h6-9,19-20,22H,2-5,10-18H2,1H3,(H,37,38);1H2. The number of ether oxygens (including phenoxy) is 1. The van der Waals surface area contributed by atoms with Gasteiger partial charge in [-0.2, -0.15) is 4.98 Å². The summed E-state index contributed by atoms with van der Waals surface area (Å²) in [5.41, 5.74) is 0.933. The summed E-state index contributed by atoms with van der Waals surface area (Å²) in [6.07, 6.45) is 5.07. The lowest BCUT2D eigenvalue weighted by atomic mass is 9.91. The molecule has 2 aliphatic carbocycles. The van der Waals surface area contributed by atoms with Gasteiger partial charge in [-0.1, -0.05) is 12.1 Å². The van der Waals surface area contributed by atoms with E-state index in [0.717, 1.165) is 37.0 Å². The minimum Gasteiger partial charge on any atom is -0.497 e. The number of nitrogens with zero attached hydrogens (tertiary/aromatic N) is 5. The van der Waals surface area contributed by atoms with Crippen LogP contribution in [-0.4, -0.2) is 66.3 Å². The fourth-order valence-corrected chi connectivity index (χ4v) is 5.66. The Kier molecular flexibility index (Phi) is 9.02. The third kappa shape index (κ3) is 6.83. The Morgan fingerprint density at radius 1 is 0.907 bits per heavy atom. The van der Waals surface area contributed by atoms with Crippen molar-refractivity contribution in [1.82, 2.24) is 23.7 Å². The first kappa shape index (κ1) is 30.5. The number of Topliss-reactive ketones (excluding diaryl/α,β-unsaturated/α-hetero) is 1. The fourth-order valence-electron chi connectivity index (χ4n) is 5.66. The molecule has 3 N–H and O–H groups in total. The molecule has 3 heterocycles. The van der Waals surface area contributed by atoms with Crippen molar-refractivity contribution < 1.29 is 29.7 Å². The summed E-state index contributed by atoms with van der Waals surface area (Å²) in [6, 6.07) is 7.78. The topological polar surface area (TPSA) is 169 Å². The highest BCUT2D eigenvalue weighted by atomic mass is 16.7. The van der Waals surface area contributed by atoms with Gasteiger partial charge in [0.25, 0.3) is 5.56 Å². The van der Waals surface area contributed by atoms with Crippen molar-refractivity contribution in [1.29, 1.82) is 0 Å². The number of imidazole rings is 1. The number of ketones is 1. The lowest BCUT2D eigenvalue weighted by Gasteiger charge is -2.30. The molecule has 3 aromatic rings. The number of methoxy groups -OCH3 is 1. The van der Waals surface area contributed by atoms with Crippen molar-refractivity contribution in [2.24, 2.45) is 17.8 Å². The number of aromatic nitrogens is 4. The van der Waals surface area contributed by atoms with Crippen LogP contribution in [0.5, 0.6) is 11.8 Å². The molecule has 6 rings (SSSR count). The van der Waals surface area contributed by atoms with Crippen molar-refractivity contribution >= 4 is 22.9 Å². The number of carbonyl (C=O) groups is 2.